The van der Waals surface area contributed by atoms with Crippen LogP contribution >= 0.6 is 11.3 Å². The number of amides is 2. The number of benzene rings is 1. The Balaban J connectivity index is 1.13. The quantitative estimate of drug-likeness (QED) is 0.0507. The van der Waals surface area contributed by atoms with E-state index in [1.807, 2.05) is 6.07 Å². The van der Waals surface area contributed by atoms with Crippen molar-refractivity contribution in [2.45, 2.75) is 83.3 Å². The second kappa shape index (κ2) is 14.8. The monoisotopic (exact) mass is 746 g/mol. The number of hydrogen-bond acceptors (Lipinski definition) is 13. The number of oxime groups is 1. The molecule has 3 aliphatic rings. The van der Waals surface area contributed by atoms with Gasteiger partial charge in [0.25, 0.3) is 11.8 Å². The van der Waals surface area contributed by atoms with E-state index in [9.17, 15) is 18.0 Å². The lowest BCUT2D eigenvalue weighted by Gasteiger charge is -2.50. The zero-order chi connectivity index (χ0) is 36.5. The molecule has 2 saturated heterocycles. The molecular weight excluding hydrogens is 703 g/mol. The normalized spacial score (nSPS) is 22.2. The molecule has 4 unspecified atom stereocenters. The topological polar surface area (TPSA) is 230 Å². The molecule has 4 atom stereocenters. The first-order chi connectivity index (χ1) is 24.2. The molecule has 19 heteroatoms. The van der Waals surface area contributed by atoms with Gasteiger partial charge in [0.2, 0.25) is 6.20 Å². The number of hydrogen-bond donors (Lipinski definition) is 5. The number of nitrogen functional groups attached to an aromatic ring is 1. The van der Waals surface area contributed by atoms with E-state index in [2.05, 4.69) is 58.9 Å². The summed E-state index contributed by atoms with van der Waals surface area (Å²) >= 11 is 1.09. The van der Waals surface area contributed by atoms with Gasteiger partial charge in [-0.2, -0.15) is 18.2 Å². The fourth-order valence-electron chi connectivity index (χ4n) is 6.53. The van der Waals surface area contributed by atoms with Crippen molar-refractivity contribution in [3.63, 3.8) is 0 Å². The number of nitrogens with one attached hydrogen (secondary N) is 2. The number of thiazole rings is 1. The second-order valence-electron chi connectivity index (χ2n) is 13.5. The first-order valence-electron chi connectivity index (χ1n) is 16.8. The standard InChI is InChI=1S/C32H43N9O8S2/c1-19(48-38-27(24-18-50-31(34)36-24)29(42)37-28-30(43)41(32(28,2)3)49-51(44,45)46)25-7-6-22-13-21(5-8-26(22)47-25)23-16-39(12-4-10-33)40(17-23)15-20-9-11-35-14-20/h5,8,13,16-20,25,28,35H,4,6-7,9-12,14-15,33H2,1-3H3,(H3-,34,36,37,42,44,45,46)/p+1/b38-27-. The van der Waals surface area contributed by atoms with E-state index in [1.54, 1.807) is 6.92 Å². The first kappa shape index (κ1) is 36.6. The summed E-state index contributed by atoms with van der Waals surface area (Å²) in [5.41, 5.74) is 13.5. The molecule has 0 radical (unpaired) electrons. The Morgan fingerprint density at radius 2 is 2.14 bits per heavy atom. The number of nitrogens with two attached hydrogens (primary N) is 2. The van der Waals surface area contributed by atoms with Crippen molar-refractivity contribution in [3.05, 3.63) is 47.2 Å². The van der Waals surface area contributed by atoms with Crippen LogP contribution in [0, 0.1) is 5.92 Å². The first-order valence-corrected chi connectivity index (χ1v) is 19.1. The lowest BCUT2D eigenvalue weighted by molar-refractivity contribution is -0.780. The summed E-state index contributed by atoms with van der Waals surface area (Å²) in [5.74, 6) is -0.358. The molecule has 2 fully saturated rings. The maximum Gasteiger partial charge on any atom is 0.418 e. The van der Waals surface area contributed by atoms with Crippen molar-refractivity contribution in [2.75, 3.05) is 25.4 Å². The van der Waals surface area contributed by atoms with Crippen LogP contribution in [0.4, 0.5) is 5.13 Å². The summed E-state index contributed by atoms with van der Waals surface area (Å²) in [7, 11) is -4.96. The van der Waals surface area contributed by atoms with Gasteiger partial charge in [-0.25, -0.2) is 4.98 Å². The van der Waals surface area contributed by atoms with Crippen LogP contribution in [0.2, 0.25) is 0 Å². The van der Waals surface area contributed by atoms with Crippen molar-refractivity contribution in [1.82, 2.24) is 25.4 Å². The highest BCUT2D eigenvalue weighted by atomic mass is 32.3. The summed E-state index contributed by atoms with van der Waals surface area (Å²) in [5, 5.41) is 12.3. The average molecular weight is 747 g/mol. The van der Waals surface area contributed by atoms with E-state index in [-0.39, 0.29) is 22.6 Å². The molecule has 7 N–H and O–H groups in total. The molecule has 51 heavy (non-hydrogen) atoms. The molecule has 3 aliphatic heterocycles. The molecule has 6 rings (SSSR count). The zero-order valence-electron chi connectivity index (χ0n) is 28.6. The number of aryl methyl sites for hydroxylation is 2. The third kappa shape index (κ3) is 8.18. The van der Waals surface area contributed by atoms with Crippen molar-refractivity contribution < 1.29 is 41.1 Å². The molecule has 0 saturated carbocycles. The number of ether oxygens (including phenoxy) is 1. The van der Waals surface area contributed by atoms with Crippen LogP contribution in [0.5, 0.6) is 5.75 Å². The van der Waals surface area contributed by atoms with Crippen molar-refractivity contribution in [3.8, 4) is 16.9 Å². The van der Waals surface area contributed by atoms with Crippen LogP contribution in [0.25, 0.3) is 11.1 Å². The van der Waals surface area contributed by atoms with E-state index < -0.39 is 39.9 Å². The summed E-state index contributed by atoms with van der Waals surface area (Å²) < 4.78 is 46.7. The van der Waals surface area contributed by atoms with Gasteiger partial charge < -0.3 is 31.7 Å². The summed E-state index contributed by atoms with van der Waals surface area (Å²) in [4.78, 5) is 36.0. The predicted octanol–water partition coefficient (Wildman–Crippen LogP) is 0.783. The number of carbonyl (C=O) groups excluding carboxylic acids is 2. The van der Waals surface area contributed by atoms with Crippen LogP contribution in [-0.2, 0) is 48.6 Å². The van der Waals surface area contributed by atoms with Gasteiger partial charge in [-0.1, -0.05) is 11.2 Å². The van der Waals surface area contributed by atoms with Crippen molar-refractivity contribution >= 4 is 44.4 Å². The lowest BCUT2D eigenvalue weighted by Crippen LogP contribution is -2.76. The smallest absolute Gasteiger partial charge is 0.418 e. The molecule has 0 bridgehead atoms. The van der Waals surface area contributed by atoms with Gasteiger partial charge in [0, 0.05) is 17.8 Å². The van der Waals surface area contributed by atoms with E-state index in [4.69, 9.17) is 25.6 Å². The molecule has 17 nitrogen and oxygen atoms in total. The molecule has 0 spiro atoms. The Bertz CT molecular complexity index is 1900. The third-order valence-electron chi connectivity index (χ3n) is 9.41. The van der Waals surface area contributed by atoms with E-state index in [1.165, 1.54) is 25.6 Å². The number of aromatic nitrogens is 3. The highest BCUT2D eigenvalue weighted by Gasteiger charge is 2.58. The van der Waals surface area contributed by atoms with Crippen LogP contribution in [0.15, 0.2) is 41.1 Å². The fraction of sp³-hybridized carbons (Fsp3) is 0.531. The maximum atomic E-state index is 13.4. The molecular formula is C32H44N9O8S2+. The highest BCUT2D eigenvalue weighted by Crippen LogP contribution is 2.34. The van der Waals surface area contributed by atoms with Gasteiger partial charge in [0.15, 0.2) is 23.5 Å². The van der Waals surface area contributed by atoms with Crippen LogP contribution < -0.4 is 31.5 Å². The van der Waals surface area contributed by atoms with Gasteiger partial charge in [-0.15, -0.1) is 20.3 Å². The molecule has 3 aromatic rings. The van der Waals surface area contributed by atoms with Gasteiger partial charge >= 0.3 is 10.4 Å². The number of anilines is 1. The van der Waals surface area contributed by atoms with Crippen LogP contribution in [0.3, 0.4) is 0 Å². The number of nitrogens with zero attached hydrogens (tertiary/aromatic N) is 5. The summed E-state index contributed by atoms with van der Waals surface area (Å²) in [6.07, 6.45) is 6.88. The SMILES string of the molecule is CC(O/N=C(\C(=O)NC1C(=O)N(OS(=O)(=O)O)C1(C)C)c1csc(N)n1)C1CCc2cc(-c3cn(CCCN)[n+](CC4CCNC4)c3)ccc2O1. The van der Waals surface area contributed by atoms with Gasteiger partial charge in [-0.3, -0.25) is 14.1 Å². The van der Waals surface area contributed by atoms with Gasteiger partial charge in [-0.05, 0) is 82.8 Å². The predicted molar refractivity (Wildman–Crippen MR) is 187 cm³/mol. The number of carbonyl (C=O) groups is 2. The van der Waals surface area contributed by atoms with Gasteiger partial charge in [0.05, 0.1) is 23.8 Å². The molecule has 0 aliphatic carbocycles. The number of β-lactam (4-membered cyclic amide) rings is 1. The number of rotatable bonds is 14. The van der Waals surface area contributed by atoms with E-state index in [0.717, 1.165) is 72.8 Å². The fourth-order valence-corrected chi connectivity index (χ4v) is 7.54. The molecule has 5 heterocycles. The number of fused-ring (bicyclic) bond motifs is 1. The Hall–Kier alpha value is -4.14. The average Bonchev–Trinajstić information content (AvgIpc) is 3.86. The van der Waals surface area contributed by atoms with Crippen LogP contribution in [-0.4, -0.2) is 88.6 Å². The second-order valence-corrected chi connectivity index (χ2v) is 15.4. The Morgan fingerprint density at radius 3 is 2.80 bits per heavy atom. The molecule has 276 valence electrons. The summed E-state index contributed by atoms with van der Waals surface area (Å²) in [6.45, 7) is 9.21. The highest BCUT2D eigenvalue weighted by molar-refractivity contribution is 7.80. The minimum Gasteiger partial charge on any atom is -0.486 e. The Morgan fingerprint density at radius 1 is 1.33 bits per heavy atom. The Kier molecular flexibility index (Phi) is 10.7. The van der Waals surface area contributed by atoms with Crippen molar-refractivity contribution in [1.29, 1.82) is 0 Å². The zero-order valence-corrected chi connectivity index (χ0v) is 30.3. The van der Waals surface area contributed by atoms with E-state index in [0.29, 0.717) is 23.9 Å². The maximum absolute atomic E-state index is 13.4. The minimum absolute atomic E-state index is 0.123. The largest absolute Gasteiger partial charge is 0.486 e. The molecule has 2 aromatic heterocycles. The lowest BCUT2D eigenvalue weighted by atomic mass is 9.84. The van der Waals surface area contributed by atoms with E-state index >= 15 is 0 Å². The van der Waals surface area contributed by atoms with Crippen LogP contribution in [0.1, 0.15) is 51.3 Å². The van der Waals surface area contributed by atoms with Gasteiger partial charge in [0.1, 0.15) is 23.6 Å². The van der Waals surface area contributed by atoms with Crippen molar-refractivity contribution in [2.24, 2.45) is 16.8 Å². The third-order valence-corrected chi connectivity index (χ3v) is 10.4. The Labute approximate surface area is 299 Å². The summed E-state index contributed by atoms with van der Waals surface area (Å²) in [6, 6.07) is 4.99. The minimum atomic E-state index is -4.96. The number of hydroxylamine groups is 2. The molecule has 2 amide bonds. The molecule has 1 aromatic carbocycles.